The molecule has 0 unspecified atom stereocenters. The van der Waals surface area contributed by atoms with Crippen LogP contribution in [0.25, 0.3) is 167 Å². The first-order valence-corrected chi connectivity index (χ1v) is 42.4. The van der Waals surface area contributed by atoms with Crippen LogP contribution in [0.3, 0.4) is 0 Å². The van der Waals surface area contributed by atoms with Gasteiger partial charge < -0.3 is 43.2 Å². The fraction of sp³-hybridized carbons (Fsp3) is 0.124. The van der Waals surface area contributed by atoms with E-state index in [-0.39, 0.29) is 71.7 Å². The van der Waals surface area contributed by atoms with E-state index in [1.807, 2.05) is 209 Å². The average molecular weight is 2220 g/mol. The minimum Gasteiger partial charge on any atom is -0.486 e. The first-order valence-electron chi connectivity index (χ1n) is 43.9. The van der Waals surface area contributed by atoms with Gasteiger partial charge in [-0.25, -0.2) is 19.3 Å². The monoisotopic (exact) mass is 2220 g/mol. The first-order chi connectivity index (χ1) is 63.2. The summed E-state index contributed by atoms with van der Waals surface area (Å²) in [6, 6.07) is 118. The van der Waals surface area contributed by atoms with Crippen molar-refractivity contribution in [2.24, 2.45) is 0 Å². The molecule has 0 bridgehead atoms. The van der Waals surface area contributed by atoms with Gasteiger partial charge in [0.05, 0.1) is 16.7 Å². The van der Waals surface area contributed by atoms with Crippen molar-refractivity contribution in [2.75, 3.05) is 0 Å². The Balaban J connectivity index is 0.000000125. The van der Waals surface area contributed by atoms with Crippen molar-refractivity contribution in [1.82, 2.24) is 44.9 Å². The maximum absolute atomic E-state index is 13.2. The van der Waals surface area contributed by atoms with Gasteiger partial charge in [0.15, 0.2) is 0 Å². The van der Waals surface area contributed by atoms with E-state index in [9.17, 15) is 4.39 Å². The molecule has 0 amide bonds. The van der Waals surface area contributed by atoms with Gasteiger partial charge in [-0.3, -0.25) is 0 Å². The van der Waals surface area contributed by atoms with E-state index >= 15 is 0 Å². The molecule has 2 saturated carbocycles. The fourth-order valence-corrected chi connectivity index (χ4v) is 16.3. The Morgan fingerprint density at radius 1 is 0.302 bits per heavy atom. The van der Waals surface area contributed by atoms with Crippen LogP contribution in [0.2, 0.25) is 0 Å². The van der Waals surface area contributed by atoms with Crippen molar-refractivity contribution in [1.29, 1.82) is 0 Å². The molecule has 23 rings (SSSR count). The summed E-state index contributed by atoms with van der Waals surface area (Å²) in [4.78, 5) is 39.9. The number of benzene rings is 9. The molecule has 21 aromatic rings. The summed E-state index contributed by atoms with van der Waals surface area (Å²) in [6.45, 7) is 3.80. The third-order valence-electron chi connectivity index (χ3n) is 22.7. The first kappa shape index (κ1) is 86.4. The van der Waals surface area contributed by atoms with Crippen LogP contribution in [0.5, 0.6) is 0 Å². The molecule has 3 radical (unpaired) electrons. The number of aryl methyl sites for hydroxylation is 4. The molecule has 641 valence electrons. The summed E-state index contributed by atoms with van der Waals surface area (Å²) in [7, 11) is 0. The smallest absolute Gasteiger partial charge is 0.216 e. The van der Waals surface area contributed by atoms with Gasteiger partial charge in [-0.1, -0.05) is 174 Å². The van der Waals surface area contributed by atoms with Crippen LogP contribution in [0.15, 0.2) is 354 Å². The molecule has 2 aliphatic carbocycles. The quantitative estimate of drug-likeness (QED) is 0.113. The molecule has 0 N–H and O–H groups in total. The van der Waals surface area contributed by atoms with Crippen molar-refractivity contribution in [3.05, 3.63) is 416 Å². The van der Waals surface area contributed by atoms with Crippen LogP contribution in [0, 0.1) is 69.8 Å². The van der Waals surface area contributed by atoms with Gasteiger partial charge in [0, 0.05) is 135 Å². The number of nitrogens with zero attached hydrogens (tertiary/aromatic N) is 9. The van der Waals surface area contributed by atoms with Gasteiger partial charge >= 0.3 is 0 Å². The summed E-state index contributed by atoms with van der Waals surface area (Å²) in [5.41, 5.74) is 27.4. The molecular formula is C113H86FIr3N9O3-6. The molecular weight excluding hydrogens is 2130 g/mol. The zero-order valence-electron chi connectivity index (χ0n) is 73.8. The Labute approximate surface area is 795 Å². The van der Waals surface area contributed by atoms with Gasteiger partial charge in [-0.15, -0.1) is 162 Å². The molecule has 2 fully saturated rings. The number of hydrogen-bond donors (Lipinski definition) is 0. The number of aromatic nitrogens is 9. The Morgan fingerprint density at radius 3 is 0.961 bits per heavy atom. The van der Waals surface area contributed by atoms with E-state index in [1.165, 1.54) is 91.9 Å². The molecule has 12 nitrogen and oxygen atoms in total. The number of halogens is 1. The van der Waals surface area contributed by atoms with Gasteiger partial charge in [0.25, 0.3) is 0 Å². The zero-order valence-corrected chi connectivity index (χ0v) is 78.0. The zero-order chi connectivity index (χ0) is 88.0. The Kier molecular flexibility index (Phi) is 28.7. The van der Waals surface area contributed by atoms with Crippen molar-refractivity contribution < 1.29 is 82.1 Å². The van der Waals surface area contributed by atoms with Crippen LogP contribution < -0.4 is 0 Å². The summed E-state index contributed by atoms with van der Waals surface area (Å²) < 4.78 is 53.3. The molecule has 0 spiro atoms. The second kappa shape index (κ2) is 42.9. The van der Waals surface area contributed by atoms with Crippen molar-refractivity contribution >= 4 is 66.2 Å². The maximum Gasteiger partial charge on any atom is 0.216 e. The van der Waals surface area contributed by atoms with Crippen molar-refractivity contribution in [3.8, 4) is 101 Å². The van der Waals surface area contributed by atoms with Gasteiger partial charge in [0.1, 0.15) is 5.82 Å². The summed E-state index contributed by atoms with van der Waals surface area (Å²) in [5.74, 6) is 1.22. The largest absolute Gasteiger partial charge is 0.486 e. The molecule has 9 aromatic carbocycles. The molecule has 12 heterocycles. The Bertz CT molecular complexity index is 7030. The third-order valence-corrected chi connectivity index (χ3v) is 22.7. The normalized spacial score (nSPS) is 12.6. The molecule has 16 heteroatoms. The van der Waals surface area contributed by atoms with Gasteiger partial charge in [-0.05, 0) is 228 Å². The van der Waals surface area contributed by atoms with Crippen molar-refractivity contribution in [2.45, 2.75) is 90.8 Å². The molecule has 0 saturated heterocycles. The van der Waals surface area contributed by atoms with E-state index in [2.05, 4.69) is 166 Å². The topological polar surface area (TPSA) is 155 Å². The number of furan rings is 3. The van der Waals surface area contributed by atoms with E-state index in [0.29, 0.717) is 22.7 Å². The second-order valence-electron chi connectivity index (χ2n) is 31.2. The second-order valence-corrected chi connectivity index (χ2v) is 31.2. The average Bonchev–Trinajstić information content (AvgIpc) is 1.62. The van der Waals surface area contributed by atoms with Crippen LogP contribution in [0.1, 0.15) is 101 Å². The van der Waals surface area contributed by atoms with E-state index in [1.54, 1.807) is 48.9 Å². The Morgan fingerprint density at radius 2 is 0.643 bits per heavy atom. The SMILES string of the molecule is Cc1ccc2c(n1)oc1c(-c3cc(-c4ccc(C5CCCC5)cc4)ccn3)[c-]ccc12.Cc1ccc2c(n1)oc1c(-c3cc(-c4ccc(C5CCCC5)cc4)ccn3)[c-]ccc12.Cc1ccc2c(n1)oc1c(-c3cc(-c4ccc(F)cc4)ccn3)[c-]ccc12.[2H]C([2H])([2H])c1ccc(-c2[c-]cccc2)nc1.[Ir].[Ir].[Ir].[c-]1ccccc1-c1ccccn1.[c-]1ccccc1-c1ccccn1. The maximum atomic E-state index is 13.2. The van der Waals surface area contributed by atoms with E-state index < -0.39 is 6.85 Å². The van der Waals surface area contributed by atoms with Gasteiger partial charge in [0.2, 0.25) is 17.1 Å². The van der Waals surface area contributed by atoms with Gasteiger partial charge in [-0.2, -0.15) is 0 Å². The number of rotatable bonds is 11. The number of hydrogen-bond acceptors (Lipinski definition) is 12. The van der Waals surface area contributed by atoms with Crippen LogP contribution >= 0.6 is 0 Å². The predicted molar refractivity (Wildman–Crippen MR) is 504 cm³/mol. The number of fused-ring (bicyclic) bond motifs is 9. The number of pyridine rings is 9. The molecule has 2 aliphatic rings. The summed E-state index contributed by atoms with van der Waals surface area (Å²) >= 11 is 0. The molecule has 12 aromatic heterocycles. The predicted octanol–water partition coefficient (Wildman–Crippen LogP) is 28.9. The summed E-state index contributed by atoms with van der Waals surface area (Å²) in [5, 5.41) is 6.10. The van der Waals surface area contributed by atoms with E-state index in [4.69, 9.17) is 17.4 Å². The van der Waals surface area contributed by atoms with E-state index in [0.717, 1.165) is 162 Å². The van der Waals surface area contributed by atoms with Crippen LogP contribution in [-0.4, -0.2) is 44.9 Å². The van der Waals surface area contributed by atoms with Crippen molar-refractivity contribution in [3.63, 3.8) is 0 Å². The Hall–Kier alpha value is -13.4. The molecule has 129 heavy (non-hydrogen) atoms. The summed E-state index contributed by atoms with van der Waals surface area (Å²) in [6.07, 6.45) is 21.2. The molecule has 0 atom stereocenters. The molecule has 0 aliphatic heterocycles. The van der Waals surface area contributed by atoms with Crippen LogP contribution in [0.4, 0.5) is 4.39 Å². The third kappa shape index (κ3) is 21.6. The van der Waals surface area contributed by atoms with Crippen LogP contribution in [-0.2, 0) is 60.3 Å². The minimum atomic E-state index is -2.09. The fourth-order valence-electron chi connectivity index (χ4n) is 16.3. The standard InChI is InChI=1S/2C28H23N2O.C23H14FN2O.C12H10N.2C11H8N.3Ir/c2*1-18-9-14-24-23-7-4-8-25(27(23)31-28(24)30-18)26-17-22(15-16-29-26)21-12-10-20(11-13-21)19-5-2-3-6-19;1-14-5-10-19-18-3-2-4-20(22(18)27-23(19)26-14)21-13-16(11-12-25-21)15-6-8-17(24)9-7-15;1-10-7-8-12(13-9-10)11-5-3-2-4-6-11;2*1-2-6-10(7-3-1)11-8-4-5-9-12-11;;;/h2*4,7,9-17,19H,2-3,5-6H2,1H3;2-3,5-13H,1H3;2-5,7-9H,1H3;2*1-6,8-9H;;;/q6*-1;;;/i;;;1D3;;;;;. The minimum absolute atomic E-state index is 0.